The van der Waals surface area contributed by atoms with Crippen LogP contribution in [0.2, 0.25) is 0 Å². The molecule has 1 fully saturated rings. The molecule has 0 aliphatic heterocycles. The van der Waals surface area contributed by atoms with E-state index >= 15 is 0 Å². The molecule has 0 saturated heterocycles. The highest BCUT2D eigenvalue weighted by molar-refractivity contribution is 5.80. The maximum absolute atomic E-state index is 10.9. The maximum atomic E-state index is 10.9. The van der Waals surface area contributed by atoms with E-state index in [9.17, 15) is 4.79 Å². The summed E-state index contributed by atoms with van der Waals surface area (Å²) in [5.74, 6) is -0.391. The lowest BCUT2D eigenvalue weighted by molar-refractivity contribution is -0.131. The van der Waals surface area contributed by atoms with Crippen molar-refractivity contribution in [2.24, 2.45) is 5.92 Å². The van der Waals surface area contributed by atoms with Gasteiger partial charge in [0.25, 0.3) is 0 Å². The summed E-state index contributed by atoms with van der Waals surface area (Å²) < 4.78 is 0. The van der Waals surface area contributed by atoms with E-state index in [4.69, 9.17) is 5.11 Å². The molecule has 2 rings (SSSR count). The Bertz CT molecular complexity index is 460. The average Bonchev–Trinajstić information content (AvgIpc) is 2.34. The first-order valence-electron chi connectivity index (χ1n) is 6.64. The van der Waals surface area contributed by atoms with Crippen LogP contribution in [0.3, 0.4) is 0 Å². The van der Waals surface area contributed by atoms with Gasteiger partial charge in [-0.15, -0.1) is 0 Å². The zero-order valence-corrected chi connectivity index (χ0v) is 10.9. The number of rotatable bonds is 3. The number of carbonyl (C=O) groups is 1. The molecular formula is C16H20O2. The minimum Gasteiger partial charge on any atom is -0.478 e. The van der Waals surface area contributed by atoms with E-state index in [2.05, 4.69) is 25.1 Å². The minimum absolute atomic E-state index is 0.413. The smallest absolute Gasteiger partial charge is 0.328 e. The number of hydrogen-bond acceptors (Lipinski definition) is 1. The summed E-state index contributed by atoms with van der Waals surface area (Å²) in [4.78, 5) is 10.9. The topological polar surface area (TPSA) is 37.3 Å². The van der Waals surface area contributed by atoms with Crippen molar-refractivity contribution in [2.75, 3.05) is 0 Å². The van der Waals surface area contributed by atoms with Gasteiger partial charge in [-0.05, 0) is 49.7 Å². The number of carboxylic acid groups (broad SMARTS) is 1. The Hall–Kier alpha value is -1.57. The summed E-state index contributed by atoms with van der Waals surface area (Å²) >= 11 is 0. The molecule has 18 heavy (non-hydrogen) atoms. The molecular weight excluding hydrogens is 224 g/mol. The molecule has 0 heterocycles. The summed E-state index contributed by atoms with van der Waals surface area (Å²) in [5.41, 5.74) is 3.77. The van der Waals surface area contributed by atoms with Crippen LogP contribution in [0.15, 0.2) is 35.9 Å². The fourth-order valence-corrected chi connectivity index (χ4v) is 2.80. The molecule has 1 aromatic rings. The third-order valence-electron chi connectivity index (χ3n) is 3.83. The van der Waals surface area contributed by atoms with Crippen molar-refractivity contribution in [3.63, 3.8) is 0 Å². The van der Waals surface area contributed by atoms with Gasteiger partial charge < -0.3 is 5.11 Å². The highest BCUT2D eigenvalue weighted by Gasteiger charge is 2.20. The molecule has 1 aliphatic rings. The van der Waals surface area contributed by atoms with Crippen LogP contribution in [0, 0.1) is 12.8 Å². The van der Waals surface area contributed by atoms with Crippen molar-refractivity contribution >= 4 is 5.97 Å². The zero-order valence-electron chi connectivity index (χ0n) is 10.9. The predicted octanol–water partition coefficient (Wildman–Crippen LogP) is 3.74. The van der Waals surface area contributed by atoms with Gasteiger partial charge in [-0.2, -0.15) is 0 Å². The Morgan fingerprint density at radius 3 is 2.89 bits per heavy atom. The van der Waals surface area contributed by atoms with Crippen LogP contribution in [-0.4, -0.2) is 11.1 Å². The summed E-state index contributed by atoms with van der Waals surface area (Å²) in [6.07, 6.45) is 6.82. The molecule has 1 aromatic carbocycles. The van der Waals surface area contributed by atoms with Crippen molar-refractivity contribution in [3.05, 3.63) is 47.0 Å². The molecule has 0 amide bonds. The van der Waals surface area contributed by atoms with Crippen molar-refractivity contribution in [1.82, 2.24) is 0 Å². The van der Waals surface area contributed by atoms with Gasteiger partial charge >= 0.3 is 5.97 Å². The van der Waals surface area contributed by atoms with Crippen molar-refractivity contribution < 1.29 is 9.90 Å². The van der Waals surface area contributed by atoms with E-state index in [-0.39, 0.29) is 0 Å². The van der Waals surface area contributed by atoms with Crippen molar-refractivity contribution in [1.29, 1.82) is 0 Å². The fraction of sp³-hybridized carbons (Fsp3) is 0.438. The van der Waals surface area contributed by atoms with Gasteiger partial charge in [0.15, 0.2) is 0 Å². The van der Waals surface area contributed by atoms with E-state index in [1.165, 1.54) is 23.6 Å². The third kappa shape index (κ3) is 3.22. The van der Waals surface area contributed by atoms with Gasteiger partial charge in [0.05, 0.1) is 0 Å². The Morgan fingerprint density at radius 2 is 2.17 bits per heavy atom. The van der Waals surface area contributed by atoms with Crippen molar-refractivity contribution in [2.45, 2.75) is 39.0 Å². The Kier molecular flexibility index (Phi) is 4.19. The highest BCUT2D eigenvalue weighted by Crippen LogP contribution is 2.32. The summed E-state index contributed by atoms with van der Waals surface area (Å²) in [7, 11) is 0. The first kappa shape index (κ1) is 12.9. The van der Waals surface area contributed by atoms with Gasteiger partial charge in [0.2, 0.25) is 0 Å². The van der Waals surface area contributed by atoms with Crippen LogP contribution in [0.1, 0.15) is 36.8 Å². The maximum Gasteiger partial charge on any atom is 0.328 e. The second-order valence-corrected chi connectivity index (χ2v) is 5.13. The number of aryl methyl sites for hydroxylation is 1. The van der Waals surface area contributed by atoms with Crippen LogP contribution in [0.25, 0.3) is 0 Å². The fourth-order valence-electron chi connectivity index (χ4n) is 2.80. The van der Waals surface area contributed by atoms with Gasteiger partial charge in [-0.1, -0.05) is 36.3 Å². The summed E-state index contributed by atoms with van der Waals surface area (Å²) in [6, 6.07) is 8.39. The van der Waals surface area contributed by atoms with Gasteiger partial charge in [0, 0.05) is 6.08 Å². The van der Waals surface area contributed by atoms with Crippen LogP contribution >= 0.6 is 0 Å². The zero-order chi connectivity index (χ0) is 13.0. The lowest BCUT2D eigenvalue weighted by Gasteiger charge is -2.25. The molecule has 1 saturated carbocycles. The number of hydrogen-bond donors (Lipinski definition) is 1. The molecule has 0 aromatic heterocycles. The molecule has 96 valence electrons. The molecule has 2 heteroatoms. The van der Waals surface area contributed by atoms with E-state index < -0.39 is 5.97 Å². The average molecular weight is 244 g/mol. The highest BCUT2D eigenvalue weighted by atomic mass is 16.4. The van der Waals surface area contributed by atoms with Crippen molar-refractivity contribution in [3.8, 4) is 0 Å². The summed E-state index contributed by atoms with van der Waals surface area (Å²) in [5, 5.41) is 8.93. The Morgan fingerprint density at radius 1 is 1.39 bits per heavy atom. The number of carboxylic acids is 1. The lowest BCUT2D eigenvalue weighted by atomic mass is 9.80. The quantitative estimate of drug-likeness (QED) is 0.822. The van der Waals surface area contributed by atoms with E-state index in [1.54, 1.807) is 0 Å². The molecule has 1 unspecified atom stereocenters. The second kappa shape index (κ2) is 5.85. The monoisotopic (exact) mass is 244 g/mol. The standard InChI is InChI=1S/C16H20O2/c1-12-6-2-3-7-13(12)10-14-8-4-5-9-15(14)11-16(17)18/h2-3,6-7,11,14H,4-5,8-10H2,1H3,(H,17,18)/b15-11+. The first-order chi connectivity index (χ1) is 8.66. The SMILES string of the molecule is Cc1ccccc1CC1CCCC/C1=C\C(=O)O. The number of aliphatic carboxylic acids is 1. The van der Waals surface area contributed by atoms with Crippen LogP contribution in [0.4, 0.5) is 0 Å². The largest absolute Gasteiger partial charge is 0.478 e. The molecule has 2 nitrogen and oxygen atoms in total. The molecule has 0 spiro atoms. The third-order valence-corrected chi connectivity index (χ3v) is 3.83. The minimum atomic E-state index is -0.804. The van der Waals surface area contributed by atoms with Crippen LogP contribution < -0.4 is 0 Å². The van der Waals surface area contributed by atoms with Gasteiger partial charge in [0.1, 0.15) is 0 Å². The van der Waals surface area contributed by atoms with Crippen LogP contribution in [0.5, 0.6) is 0 Å². The normalized spacial score (nSPS) is 22.1. The van der Waals surface area contributed by atoms with Gasteiger partial charge in [-0.25, -0.2) is 4.79 Å². The molecule has 1 atom stereocenters. The lowest BCUT2D eigenvalue weighted by Crippen LogP contribution is -2.14. The van der Waals surface area contributed by atoms with E-state index in [0.717, 1.165) is 31.3 Å². The Labute approximate surface area is 108 Å². The molecule has 0 radical (unpaired) electrons. The molecule has 0 bridgehead atoms. The number of allylic oxidation sites excluding steroid dienone is 1. The molecule has 1 N–H and O–H groups in total. The predicted molar refractivity (Wildman–Crippen MR) is 72.6 cm³/mol. The molecule has 1 aliphatic carbocycles. The van der Waals surface area contributed by atoms with E-state index in [1.807, 2.05) is 6.07 Å². The summed E-state index contributed by atoms with van der Waals surface area (Å²) in [6.45, 7) is 2.12. The van der Waals surface area contributed by atoms with Gasteiger partial charge in [-0.3, -0.25) is 0 Å². The van der Waals surface area contributed by atoms with Crippen LogP contribution in [-0.2, 0) is 11.2 Å². The Balaban J connectivity index is 2.15. The first-order valence-corrected chi connectivity index (χ1v) is 6.64. The number of benzene rings is 1. The van der Waals surface area contributed by atoms with E-state index in [0.29, 0.717) is 5.92 Å². The second-order valence-electron chi connectivity index (χ2n) is 5.13.